The molecule has 48 heavy (non-hydrogen) atoms. The highest BCUT2D eigenvalue weighted by atomic mass is 16.6. The number of phenolic OH excluding ortho intramolecular Hbond substituents is 1. The number of phenols is 1. The zero-order valence-electron chi connectivity index (χ0n) is 28.6. The van der Waals surface area contributed by atoms with Crippen LogP contribution < -0.4 is 14.2 Å². The summed E-state index contributed by atoms with van der Waals surface area (Å²) in [6.07, 6.45) is -0.0890. The maximum Gasteiger partial charge on any atom is 0.119 e. The van der Waals surface area contributed by atoms with Crippen LogP contribution in [-0.4, -0.2) is 75.3 Å². The first-order chi connectivity index (χ1) is 23.0. The van der Waals surface area contributed by atoms with Crippen molar-refractivity contribution in [3.8, 4) is 23.0 Å². The number of methoxy groups -OCH3 is 1. The van der Waals surface area contributed by atoms with E-state index < -0.39 is 6.10 Å². The summed E-state index contributed by atoms with van der Waals surface area (Å²) in [4.78, 5) is 0. The highest BCUT2D eigenvalue weighted by molar-refractivity contribution is 5.43. The lowest BCUT2D eigenvalue weighted by atomic mass is 9.78. The second kappa shape index (κ2) is 15.9. The minimum Gasteiger partial charge on any atom is -0.508 e. The second-order valence-electron chi connectivity index (χ2n) is 13.3. The van der Waals surface area contributed by atoms with Crippen molar-refractivity contribution in [3.63, 3.8) is 0 Å². The average molecular weight is 657 g/mol. The molecule has 3 unspecified atom stereocenters. The van der Waals surface area contributed by atoms with Gasteiger partial charge in [0.15, 0.2) is 0 Å². The van der Waals surface area contributed by atoms with Crippen molar-refractivity contribution in [1.82, 2.24) is 0 Å². The van der Waals surface area contributed by atoms with E-state index in [2.05, 4.69) is 64.1 Å². The normalized spacial score (nSPS) is 17.5. The molecule has 0 bridgehead atoms. The van der Waals surface area contributed by atoms with Crippen LogP contribution in [0.4, 0.5) is 0 Å². The third-order valence-electron chi connectivity index (χ3n) is 8.79. The van der Waals surface area contributed by atoms with Gasteiger partial charge in [-0.3, -0.25) is 0 Å². The number of epoxide rings is 2. The summed E-state index contributed by atoms with van der Waals surface area (Å²) in [5, 5.41) is 19.1. The van der Waals surface area contributed by atoms with Crippen LogP contribution in [0.25, 0.3) is 0 Å². The Labute approximate surface area is 284 Å². The zero-order chi connectivity index (χ0) is 34.1. The number of hydrogen-bond donors (Lipinski definition) is 2. The molecule has 2 saturated heterocycles. The number of ether oxygens (including phenoxy) is 6. The molecule has 0 amide bonds. The minimum atomic E-state index is -0.627. The third-order valence-corrected chi connectivity index (χ3v) is 8.79. The summed E-state index contributed by atoms with van der Waals surface area (Å²) < 4.78 is 32.2. The van der Waals surface area contributed by atoms with E-state index >= 15 is 0 Å². The first kappa shape index (κ1) is 35.2. The number of hydrogen-bond acceptors (Lipinski definition) is 8. The van der Waals surface area contributed by atoms with Gasteiger partial charge in [-0.25, -0.2) is 0 Å². The van der Waals surface area contributed by atoms with Crippen molar-refractivity contribution >= 4 is 0 Å². The Hall–Kier alpha value is -4.08. The fourth-order valence-corrected chi connectivity index (χ4v) is 5.25. The van der Waals surface area contributed by atoms with Gasteiger partial charge >= 0.3 is 0 Å². The molecule has 0 spiro atoms. The molecule has 8 nitrogen and oxygen atoms in total. The van der Waals surface area contributed by atoms with E-state index in [0.29, 0.717) is 19.0 Å². The molecule has 0 radical (unpaired) electrons. The molecule has 2 heterocycles. The van der Waals surface area contributed by atoms with Crippen molar-refractivity contribution in [2.45, 2.75) is 56.8 Å². The van der Waals surface area contributed by atoms with Gasteiger partial charge in [0, 0.05) is 17.9 Å². The summed E-state index contributed by atoms with van der Waals surface area (Å²) in [6, 6.07) is 31.8. The van der Waals surface area contributed by atoms with Gasteiger partial charge in [0.05, 0.1) is 19.8 Å². The highest BCUT2D eigenvalue weighted by Gasteiger charge is 2.26. The Kier molecular flexibility index (Phi) is 11.7. The van der Waals surface area contributed by atoms with E-state index in [1.165, 1.54) is 22.3 Å². The van der Waals surface area contributed by atoms with Crippen LogP contribution in [-0.2, 0) is 25.0 Å². The van der Waals surface area contributed by atoms with Crippen LogP contribution in [0.1, 0.15) is 49.9 Å². The molecule has 8 heteroatoms. The molecule has 0 aromatic heterocycles. The lowest BCUT2D eigenvalue weighted by Gasteiger charge is -2.26. The van der Waals surface area contributed by atoms with E-state index in [9.17, 15) is 10.2 Å². The SMILES string of the molecule is CC(C)(c1ccc(O)cc1)c1ccc(OCC2CO2)cc1.COCC(O)COc1ccc(C(C)(C)c2ccc(OCC3CO3)cc2)cc1. The van der Waals surface area contributed by atoms with Gasteiger partial charge in [-0.2, -0.15) is 0 Å². The topological polar surface area (TPSA) is 102 Å². The van der Waals surface area contributed by atoms with Crippen molar-refractivity contribution in [2.24, 2.45) is 0 Å². The fraction of sp³-hybridized carbons (Fsp3) is 0.400. The number of rotatable bonds is 15. The minimum absolute atomic E-state index is 0.119. The summed E-state index contributed by atoms with van der Waals surface area (Å²) in [5.74, 6) is 2.76. The van der Waals surface area contributed by atoms with Crippen molar-refractivity contribution < 1.29 is 38.6 Å². The number of aliphatic hydroxyl groups excluding tert-OH is 1. The summed E-state index contributed by atoms with van der Waals surface area (Å²) >= 11 is 0. The third kappa shape index (κ3) is 9.97. The molecule has 0 saturated carbocycles. The van der Waals surface area contributed by atoms with Gasteiger partial charge in [0.1, 0.15) is 61.1 Å². The van der Waals surface area contributed by atoms with Crippen LogP contribution in [0, 0.1) is 0 Å². The van der Waals surface area contributed by atoms with Crippen molar-refractivity contribution in [3.05, 3.63) is 119 Å². The predicted octanol–water partition coefficient (Wildman–Crippen LogP) is 6.67. The molecular weight excluding hydrogens is 608 g/mol. The first-order valence-electron chi connectivity index (χ1n) is 16.4. The van der Waals surface area contributed by atoms with Crippen molar-refractivity contribution in [2.75, 3.05) is 46.8 Å². The second-order valence-corrected chi connectivity index (χ2v) is 13.3. The van der Waals surface area contributed by atoms with E-state index in [4.69, 9.17) is 28.4 Å². The van der Waals surface area contributed by atoms with Gasteiger partial charge < -0.3 is 38.6 Å². The molecule has 6 rings (SSSR count). The van der Waals surface area contributed by atoms with E-state index in [1.807, 2.05) is 48.5 Å². The zero-order valence-corrected chi connectivity index (χ0v) is 28.6. The van der Waals surface area contributed by atoms with Crippen LogP contribution in [0.5, 0.6) is 23.0 Å². The molecule has 2 fully saturated rings. The van der Waals surface area contributed by atoms with Crippen LogP contribution in [0.15, 0.2) is 97.1 Å². The van der Waals surface area contributed by atoms with Crippen molar-refractivity contribution in [1.29, 1.82) is 0 Å². The molecular formula is C40H48O8. The molecule has 2 N–H and O–H groups in total. The predicted molar refractivity (Wildman–Crippen MR) is 186 cm³/mol. The van der Waals surface area contributed by atoms with Gasteiger partial charge in [-0.15, -0.1) is 0 Å². The Morgan fingerprint density at radius 3 is 1.25 bits per heavy atom. The van der Waals surface area contributed by atoms with Crippen LogP contribution in [0.3, 0.4) is 0 Å². The first-order valence-corrected chi connectivity index (χ1v) is 16.4. The number of benzene rings is 4. The van der Waals surface area contributed by atoms with Gasteiger partial charge in [-0.05, 0) is 70.8 Å². The number of aromatic hydroxyl groups is 1. The number of aliphatic hydroxyl groups is 1. The average Bonchev–Trinajstić information content (AvgIpc) is 4.03. The largest absolute Gasteiger partial charge is 0.508 e. The monoisotopic (exact) mass is 656 g/mol. The molecule has 4 aromatic carbocycles. The van der Waals surface area contributed by atoms with Gasteiger partial charge in [-0.1, -0.05) is 76.2 Å². The molecule has 0 aliphatic carbocycles. The van der Waals surface area contributed by atoms with Crippen LogP contribution >= 0.6 is 0 Å². The van der Waals surface area contributed by atoms with E-state index in [1.54, 1.807) is 19.2 Å². The molecule has 256 valence electrons. The lowest BCUT2D eigenvalue weighted by Crippen LogP contribution is -2.22. The Morgan fingerprint density at radius 2 is 0.917 bits per heavy atom. The van der Waals surface area contributed by atoms with Crippen LogP contribution in [0.2, 0.25) is 0 Å². The van der Waals surface area contributed by atoms with Gasteiger partial charge in [0.25, 0.3) is 0 Å². The summed E-state index contributed by atoms with van der Waals surface area (Å²) in [6.45, 7) is 12.1. The lowest BCUT2D eigenvalue weighted by molar-refractivity contribution is 0.0325. The smallest absolute Gasteiger partial charge is 0.119 e. The molecule has 4 aromatic rings. The Balaban J connectivity index is 0.000000194. The maximum atomic E-state index is 9.67. The van der Waals surface area contributed by atoms with E-state index in [-0.39, 0.29) is 36.3 Å². The van der Waals surface area contributed by atoms with Gasteiger partial charge in [0.2, 0.25) is 0 Å². The quantitative estimate of drug-likeness (QED) is 0.137. The molecule has 3 atom stereocenters. The Morgan fingerprint density at radius 1 is 0.583 bits per heavy atom. The Bertz CT molecular complexity index is 1540. The molecule has 2 aliphatic heterocycles. The maximum absolute atomic E-state index is 9.67. The standard InChI is InChI=1S/C22H28O5.C18H20O3/c1-22(2,17-6-10-20(11-7-17)26-14-21-15-27-21)16-4-8-19(9-5-16)25-13-18(23)12-24-3;1-18(2,13-3-7-15(19)8-4-13)14-5-9-16(10-6-14)20-11-17-12-21-17/h4-11,18,21,23H,12-15H2,1-3H3;3-10,17,19H,11-12H2,1-2H3. The fourth-order valence-electron chi connectivity index (χ4n) is 5.25. The summed E-state index contributed by atoms with van der Waals surface area (Å²) in [7, 11) is 1.56. The highest BCUT2D eigenvalue weighted by Crippen LogP contribution is 2.34. The summed E-state index contributed by atoms with van der Waals surface area (Å²) in [5.41, 5.74) is 4.51. The van der Waals surface area contributed by atoms with E-state index in [0.717, 1.165) is 30.5 Å². The molecule has 2 aliphatic rings.